The maximum Gasteiger partial charge on any atom is 0.264 e. The zero-order chi connectivity index (χ0) is 17.9. The first-order chi connectivity index (χ1) is 11.3. The van der Waals surface area contributed by atoms with E-state index in [1.54, 1.807) is 12.1 Å². The molecule has 132 valence electrons. The highest BCUT2D eigenvalue weighted by atomic mass is 35.5. The SMILES string of the molecule is CCCCCCCN1C(=O)C(O)(CC(C)=O)c2c(Cl)ccc(Cl)c21. The van der Waals surface area contributed by atoms with Crippen LogP contribution in [0.15, 0.2) is 12.1 Å². The highest BCUT2D eigenvalue weighted by Crippen LogP contribution is 2.49. The van der Waals surface area contributed by atoms with E-state index in [0.29, 0.717) is 17.3 Å². The van der Waals surface area contributed by atoms with Gasteiger partial charge in [-0.1, -0.05) is 55.8 Å². The molecule has 0 saturated carbocycles. The van der Waals surface area contributed by atoms with E-state index in [2.05, 4.69) is 6.92 Å². The van der Waals surface area contributed by atoms with Gasteiger partial charge >= 0.3 is 0 Å². The van der Waals surface area contributed by atoms with Gasteiger partial charge in [-0.15, -0.1) is 0 Å². The minimum absolute atomic E-state index is 0.250. The number of carbonyl (C=O) groups is 2. The fourth-order valence-corrected chi connectivity index (χ4v) is 3.81. The van der Waals surface area contributed by atoms with E-state index in [1.807, 2.05) is 0 Å². The Bertz CT molecular complexity index is 647. The second-order valence-corrected chi connectivity index (χ2v) is 7.18. The molecule has 0 aromatic heterocycles. The van der Waals surface area contributed by atoms with E-state index in [-0.39, 0.29) is 22.8 Å². The van der Waals surface area contributed by atoms with Gasteiger partial charge in [-0.2, -0.15) is 0 Å². The van der Waals surface area contributed by atoms with Gasteiger partial charge in [0.1, 0.15) is 5.78 Å². The summed E-state index contributed by atoms with van der Waals surface area (Å²) in [4.78, 5) is 25.9. The number of unbranched alkanes of at least 4 members (excludes halogenated alkanes) is 4. The molecule has 0 bridgehead atoms. The van der Waals surface area contributed by atoms with Gasteiger partial charge in [-0.05, 0) is 25.5 Å². The second kappa shape index (κ2) is 7.85. The molecule has 1 amide bonds. The monoisotopic (exact) mass is 371 g/mol. The molecule has 6 heteroatoms. The largest absolute Gasteiger partial charge is 0.375 e. The van der Waals surface area contributed by atoms with Crippen molar-refractivity contribution in [3.05, 3.63) is 27.7 Å². The van der Waals surface area contributed by atoms with Crippen molar-refractivity contribution in [3.8, 4) is 0 Å². The van der Waals surface area contributed by atoms with Crippen LogP contribution in [0.3, 0.4) is 0 Å². The Balaban J connectivity index is 2.33. The Morgan fingerprint density at radius 3 is 2.42 bits per heavy atom. The molecule has 0 radical (unpaired) electrons. The molecule has 1 N–H and O–H groups in total. The highest BCUT2D eigenvalue weighted by molar-refractivity contribution is 6.38. The fourth-order valence-electron chi connectivity index (χ4n) is 3.24. The molecule has 0 fully saturated rings. The molecule has 0 saturated heterocycles. The number of fused-ring (bicyclic) bond motifs is 1. The third-order valence-corrected chi connectivity index (χ3v) is 4.97. The van der Waals surface area contributed by atoms with E-state index in [4.69, 9.17) is 23.2 Å². The lowest BCUT2D eigenvalue weighted by Crippen LogP contribution is -2.42. The summed E-state index contributed by atoms with van der Waals surface area (Å²) < 4.78 is 0. The predicted octanol–water partition coefficient (Wildman–Crippen LogP) is 4.48. The van der Waals surface area contributed by atoms with Gasteiger partial charge in [-0.25, -0.2) is 0 Å². The summed E-state index contributed by atoms with van der Waals surface area (Å²) in [5, 5.41) is 11.6. The van der Waals surface area contributed by atoms with Crippen LogP contribution in [0.1, 0.15) is 57.9 Å². The number of hydrogen-bond acceptors (Lipinski definition) is 3. The van der Waals surface area contributed by atoms with Gasteiger partial charge in [0.25, 0.3) is 5.91 Å². The fraction of sp³-hybridized carbons (Fsp3) is 0.556. The highest BCUT2D eigenvalue weighted by Gasteiger charge is 2.52. The summed E-state index contributed by atoms with van der Waals surface area (Å²) in [5.41, 5.74) is -1.23. The van der Waals surface area contributed by atoms with E-state index in [0.717, 1.165) is 32.1 Å². The van der Waals surface area contributed by atoms with E-state index in [9.17, 15) is 14.7 Å². The van der Waals surface area contributed by atoms with Gasteiger partial charge in [0.2, 0.25) is 0 Å². The van der Waals surface area contributed by atoms with Gasteiger partial charge in [0.05, 0.1) is 10.7 Å². The van der Waals surface area contributed by atoms with Crippen LogP contribution in [0.4, 0.5) is 5.69 Å². The van der Waals surface area contributed by atoms with Crippen molar-refractivity contribution in [1.29, 1.82) is 0 Å². The first kappa shape index (κ1) is 19.2. The Morgan fingerprint density at radius 2 is 1.79 bits per heavy atom. The van der Waals surface area contributed by atoms with Crippen LogP contribution in [0.5, 0.6) is 0 Å². The van der Waals surface area contributed by atoms with Crippen LogP contribution < -0.4 is 4.90 Å². The van der Waals surface area contributed by atoms with Crippen LogP contribution in [0.25, 0.3) is 0 Å². The van der Waals surface area contributed by atoms with Crippen LogP contribution in [-0.4, -0.2) is 23.3 Å². The molecule has 0 aliphatic carbocycles. The van der Waals surface area contributed by atoms with Crippen molar-refractivity contribution in [2.24, 2.45) is 0 Å². The van der Waals surface area contributed by atoms with Crippen LogP contribution in [-0.2, 0) is 15.2 Å². The lowest BCUT2D eigenvalue weighted by Gasteiger charge is -2.22. The van der Waals surface area contributed by atoms with E-state index < -0.39 is 11.5 Å². The number of benzene rings is 1. The first-order valence-electron chi connectivity index (χ1n) is 8.35. The summed E-state index contributed by atoms with van der Waals surface area (Å²) >= 11 is 12.5. The number of nitrogens with zero attached hydrogens (tertiary/aromatic N) is 1. The Hall–Kier alpha value is -1.10. The summed E-state index contributed by atoms with van der Waals surface area (Å²) in [7, 11) is 0. The predicted molar refractivity (Wildman–Crippen MR) is 96.8 cm³/mol. The molecule has 1 atom stereocenters. The standard InChI is InChI=1S/C18H23Cl2NO3/c1-3-4-5-6-7-10-21-16-14(20)9-8-13(19)15(16)18(24,17(21)23)11-12(2)22/h8-9,24H,3-7,10-11H2,1-2H3. The first-order valence-corrected chi connectivity index (χ1v) is 9.10. The molecule has 0 spiro atoms. The van der Waals surface area contributed by atoms with Crippen molar-refractivity contribution in [1.82, 2.24) is 0 Å². The third-order valence-electron chi connectivity index (χ3n) is 4.35. The minimum Gasteiger partial charge on any atom is -0.375 e. The zero-order valence-corrected chi connectivity index (χ0v) is 15.6. The molecular formula is C18H23Cl2NO3. The van der Waals surface area contributed by atoms with Crippen LogP contribution in [0.2, 0.25) is 10.0 Å². The molecule has 1 aromatic carbocycles. The smallest absolute Gasteiger partial charge is 0.264 e. The maximum atomic E-state index is 12.9. The minimum atomic E-state index is -1.92. The number of anilines is 1. The third kappa shape index (κ3) is 3.61. The Morgan fingerprint density at radius 1 is 1.17 bits per heavy atom. The van der Waals surface area contributed by atoms with E-state index in [1.165, 1.54) is 11.8 Å². The molecule has 1 aliphatic heterocycles. The lowest BCUT2D eigenvalue weighted by molar-refractivity contribution is -0.141. The molecule has 1 heterocycles. The zero-order valence-electron chi connectivity index (χ0n) is 14.1. The molecule has 1 unspecified atom stereocenters. The normalized spacial score (nSPS) is 19.7. The Kier molecular flexibility index (Phi) is 6.29. The van der Waals surface area contributed by atoms with E-state index >= 15 is 0 Å². The maximum absolute atomic E-state index is 12.9. The van der Waals surface area contributed by atoms with Gasteiger partial charge < -0.3 is 10.0 Å². The van der Waals surface area contributed by atoms with Gasteiger partial charge in [0.15, 0.2) is 5.60 Å². The van der Waals surface area contributed by atoms with Crippen molar-refractivity contribution >= 4 is 40.6 Å². The van der Waals surface area contributed by atoms with Crippen LogP contribution >= 0.6 is 23.2 Å². The number of amides is 1. The molecule has 1 aliphatic rings. The number of carbonyl (C=O) groups excluding carboxylic acids is 2. The average molecular weight is 372 g/mol. The summed E-state index contributed by atoms with van der Waals surface area (Å²) in [6.45, 7) is 3.94. The van der Waals surface area contributed by atoms with Crippen molar-refractivity contribution in [3.63, 3.8) is 0 Å². The number of halogens is 2. The van der Waals surface area contributed by atoms with Crippen molar-refractivity contribution < 1.29 is 14.7 Å². The summed E-state index contributed by atoms with van der Waals surface area (Å²) in [6, 6.07) is 3.16. The lowest BCUT2D eigenvalue weighted by atomic mass is 9.90. The molecule has 24 heavy (non-hydrogen) atoms. The molecular weight excluding hydrogens is 349 g/mol. The number of aliphatic hydroxyl groups is 1. The van der Waals surface area contributed by atoms with Crippen molar-refractivity contribution in [2.45, 2.75) is 58.0 Å². The number of hydrogen-bond donors (Lipinski definition) is 1. The summed E-state index contributed by atoms with van der Waals surface area (Å²) in [6.07, 6.45) is 4.91. The van der Waals surface area contributed by atoms with Gasteiger partial charge in [0, 0.05) is 23.6 Å². The second-order valence-electron chi connectivity index (χ2n) is 6.36. The summed E-state index contributed by atoms with van der Waals surface area (Å²) in [5.74, 6) is -0.796. The van der Waals surface area contributed by atoms with Crippen molar-refractivity contribution in [2.75, 3.05) is 11.4 Å². The molecule has 1 aromatic rings. The Labute approximate surface area is 152 Å². The molecule has 2 rings (SSSR count). The number of Topliss-reactive ketones (excluding diaryl/α,β-unsaturated/α-hetero) is 1. The number of rotatable bonds is 8. The quantitative estimate of drug-likeness (QED) is 0.685. The topological polar surface area (TPSA) is 57.6 Å². The number of ketones is 1. The molecule has 4 nitrogen and oxygen atoms in total. The van der Waals surface area contributed by atoms with Crippen LogP contribution in [0, 0.1) is 0 Å². The average Bonchev–Trinajstić information content (AvgIpc) is 2.72. The van der Waals surface area contributed by atoms with Gasteiger partial charge in [-0.3, -0.25) is 9.59 Å².